The number of fused-ring (bicyclic) bond motifs is 1. The van der Waals surface area contributed by atoms with E-state index in [1.54, 1.807) is 0 Å². The highest BCUT2D eigenvalue weighted by molar-refractivity contribution is 5.84. The molecule has 3 nitrogen and oxygen atoms in total. The fraction of sp³-hybridized carbons (Fsp3) is 0.500. The van der Waals surface area contributed by atoms with Crippen molar-refractivity contribution in [3.63, 3.8) is 0 Å². The molecule has 1 unspecified atom stereocenters. The predicted molar refractivity (Wildman–Crippen MR) is 66.8 cm³/mol. The lowest BCUT2D eigenvalue weighted by Gasteiger charge is -2.28. The molecule has 0 fully saturated rings. The number of benzene rings is 1. The minimum absolute atomic E-state index is 0.170. The van der Waals surface area contributed by atoms with Crippen LogP contribution in [0.2, 0.25) is 0 Å². The van der Waals surface area contributed by atoms with Crippen molar-refractivity contribution in [1.82, 2.24) is 5.32 Å². The second kappa shape index (κ2) is 4.88. The first kappa shape index (κ1) is 12.1. The molecule has 0 bridgehead atoms. The minimum Gasteiger partial charge on any atom is -0.467 e. The molecule has 0 saturated carbocycles. The number of carbonyl (C=O) groups excluding carboxylic acids is 1. The van der Waals surface area contributed by atoms with Gasteiger partial charge in [-0.25, -0.2) is 4.79 Å². The maximum atomic E-state index is 12.1. The molecule has 3 heteroatoms. The average molecular weight is 233 g/mol. The number of hydrogen-bond donors (Lipinski definition) is 1. The third-order valence-electron chi connectivity index (χ3n) is 3.46. The zero-order valence-corrected chi connectivity index (χ0v) is 10.5. The number of nitrogens with one attached hydrogen (secondary N) is 1. The highest BCUT2D eigenvalue weighted by Crippen LogP contribution is 2.37. The van der Waals surface area contributed by atoms with Gasteiger partial charge in [-0.3, -0.25) is 5.32 Å². The maximum Gasteiger partial charge on any atom is 0.330 e. The third-order valence-corrected chi connectivity index (χ3v) is 3.46. The van der Waals surface area contributed by atoms with E-state index in [0.717, 1.165) is 31.4 Å². The van der Waals surface area contributed by atoms with Gasteiger partial charge in [0.15, 0.2) is 0 Å². The molecular weight excluding hydrogens is 214 g/mol. The normalized spacial score (nSPS) is 22.2. The molecule has 0 heterocycles. The first-order valence-electron chi connectivity index (χ1n) is 6.16. The summed E-state index contributed by atoms with van der Waals surface area (Å²) in [4.78, 5) is 12.1. The number of rotatable bonds is 4. The molecule has 92 valence electrons. The summed E-state index contributed by atoms with van der Waals surface area (Å²) in [5.41, 5.74) is 1.71. The quantitative estimate of drug-likeness (QED) is 0.808. The molecule has 0 saturated heterocycles. The van der Waals surface area contributed by atoms with Gasteiger partial charge in [-0.05, 0) is 36.9 Å². The van der Waals surface area contributed by atoms with Gasteiger partial charge in [0, 0.05) is 0 Å². The summed E-state index contributed by atoms with van der Waals surface area (Å²) < 4.78 is 4.99. The number of hydrogen-bond acceptors (Lipinski definition) is 3. The second-order valence-electron chi connectivity index (χ2n) is 4.48. The van der Waals surface area contributed by atoms with E-state index in [9.17, 15) is 4.79 Å². The lowest BCUT2D eigenvalue weighted by Crippen LogP contribution is -2.48. The van der Waals surface area contributed by atoms with E-state index in [0.29, 0.717) is 0 Å². The topological polar surface area (TPSA) is 38.3 Å². The smallest absolute Gasteiger partial charge is 0.330 e. The Morgan fingerprint density at radius 2 is 2.24 bits per heavy atom. The first-order valence-corrected chi connectivity index (χ1v) is 6.16. The Bertz CT molecular complexity index is 416. The average Bonchev–Trinajstić information content (AvgIpc) is 2.76. The number of methoxy groups -OCH3 is 1. The van der Waals surface area contributed by atoms with Crippen LogP contribution in [0.3, 0.4) is 0 Å². The van der Waals surface area contributed by atoms with Gasteiger partial charge in [-0.2, -0.15) is 0 Å². The van der Waals surface area contributed by atoms with Gasteiger partial charge in [0.2, 0.25) is 0 Å². The molecule has 1 aliphatic rings. The number of aryl methyl sites for hydroxylation is 1. The van der Waals surface area contributed by atoms with E-state index < -0.39 is 5.54 Å². The molecule has 1 aliphatic carbocycles. The Morgan fingerprint density at radius 3 is 2.94 bits per heavy atom. The summed E-state index contributed by atoms with van der Waals surface area (Å²) in [5, 5.41) is 3.38. The van der Waals surface area contributed by atoms with E-state index >= 15 is 0 Å². The van der Waals surface area contributed by atoms with Crippen molar-refractivity contribution in [2.75, 3.05) is 13.7 Å². The van der Waals surface area contributed by atoms with Crippen LogP contribution >= 0.6 is 0 Å². The Kier molecular flexibility index (Phi) is 3.48. The van der Waals surface area contributed by atoms with E-state index in [1.807, 2.05) is 18.2 Å². The monoisotopic (exact) mass is 233 g/mol. The fourth-order valence-electron chi connectivity index (χ4n) is 2.59. The van der Waals surface area contributed by atoms with Crippen molar-refractivity contribution in [3.05, 3.63) is 35.4 Å². The summed E-state index contributed by atoms with van der Waals surface area (Å²) in [5.74, 6) is -0.170. The van der Waals surface area contributed by atoms with Crippen LogP contribution in [0.5, 0.6) is 0 Å². The van der Waals surface area contributed by atoms with E-state index in [4.69, 9.17) is 4.74 Å². The molecular formula is C14H19NO2. The van der Waals surface area contributed by atoms with Gasteiger partial charge < -0.3 is 4.74 Å². The maximum absolute atomic E-state index is 12.1. The van der Waals surface area contributed by atoms with Crippen LogP contribution in [-0.2, 0) is 21.5 Å². The zero-order valence-electron chi connectivity index (χ0n) is 10.5. The molecule has 17 heavy (non-hydrogen) atoms. The van der Waals surface area contributed by atoms with Crippen molar-refractivity contribution in [2.45, 2.75) is 31.7 Å². The Balaban J connectivity index is 2.39. The predicted octanol–water partition coefficient (Wildman–Crippen LogP) is 2.00. The lowest BCUT2D eigenvalue weighted by atomic mass is 9.91. The van der Waals surface area contributed by atoms with Crippen LogP contribution in [-0.4, -0.2) is 19.6 Å². The standard InChI is InChI=1S/C14H19NO2/c1-3-10-15-14(13(16)17-2)9-8-11-6-4-5-7-12(11)14/h4-7,15H,3,8-10H2,1-2H3. The van der Waals surface area contributed by atoms with Crippen molar-refractivity contribution >= 4 is 5.97 Å². The zero-order chi connectivity index (χ0) is 12.3. The summed E-state index contributed by atoms with van der Waals surface area (Å²) in [6, 6.07) is 8.12. The molecule has 0 radical (unpaired) electrons. The van der Waals surface area contributed by atoms with Crippen LogP contribution in [0.4, 0.5) is 0 Å². The van der Waals surface area contributed by atoms with Crippen molar-refractivity contribution in [2.24, 2.45) is 0 Å². The SMILES string of the molecule is CCCNC1(C(=O)OC)CCc2ccccc21. The molecule has 0 aliphatic heterocycles. The highest BCUT2D eigenvalue weighted by atomic mass is 16.5. The molecule has 0 spiro atoms. The summed E-state index contributed by atoms with van der Waals surface area (Å²) >= 11 is 0. The second-order valence-corrected chi connectivity index (χ2v) is 4.48. The number of ether oxygens (including phenoxy) is 1. The van der Waals surface area contributed by atoms with E-state index in [1.165, 1.54) is 12.7 Å². The summed E-state index contributed by atoms with van der Waals surface area (Å²) in [6.45, 7) is 2.92. The Labute approximate surface area is 102 Å². The number of carbonyl (C=O) groups is 1. The van der Waals surface area contributed by atoms with Crippen molar-refractivity contribution in [1.29, 1.82) is 0 Å². The van der Waals surface area contributed by atoms with Crippen LogP contribution < -0.4 is 5.32 Å². The van der Waals surface area contributed by atoms with Crippen molar-refractivity contribution < 1.29 is 9.53 Å². The molecule has 1 aromatic carbocycles. The van der Waals surface area contributed by atoms with Crippen LogP contribution in [0.25, 0.3) is 0 Å². The van der Waals surface area contributed by atoms with Gasteiger partial charge in [0.1, 0.15) is 5.54 Å². The minimum atomic E-state index is -0.624. The van der Waals surface area contributed by atoms with Crippen LogP contribution in [0, 0.1) is 0 Å². The van der Waals surface area contributed by atoms with Crippen LogP contribution in [0.15, 0.2) is 24.3 Å². The van der Waals surface area contributed by atoms with E-state index in [2.05, 4.69) is 18.3 Å². The lowest BCUT2D eigenvalue weighted by molar-refractivity contribution is -0.149. The van der Waals surface area contributed by atoms with Crippen LogP contribution in [0.1, 0.15) is 30.9 Å². The number of esters is 1. The molecule has 2 rings (SSSR count). The molecule has 0 amide bonds. The fourth-order valence-corrected chi connectivity index (χ4v) is 2.59. The van der Waals surface area contributed by atoms with Gasteiger partial charge >= 0.3 is 5.97 Å². The van der Waals surface area contributed by atoms with E-state index in [-0.39, 0.29) is 5.97 Å². The van der Waals surface area contributed by atoms with Gasteiger partial charge in [0.25, 0.3) is 0 Å². The molecule has 0 aromatic heterocycles. The Morgan fingerprint density at radius 1 is 1.47 bits per heavy atom. The summed E-state index contributed by atoms with van der Waals surface area (Å²) in [7, 11) is 1.46. The molecule has 1 aromatic rings. The third kappa shape index (κ3) is 1.95. The Hall–Kier alpha value is -1.35. The molecule has 1 N–H and O–H groups in total. The van der Waals surface area contributed by atoms with Gasteiger partial charge in [-0.15, -0.1) is 0 Å². The largest absolute Gasteiger partial charge is 0.467 e. The van der Waals surface area contributed by atoms with Crippen molar-refractivity contribution in [3.8, 4) is 0 Å². The van der Waals surface area contributed by atoms with Gasteiger partial charge in [0.05, 0.1) is 7.11 Å². The first-order chi connectivity index (χ1) is 8.24. The van der Waals surface area contributed by atoms with Gasteiger partial charge in [-0.1, -0.05) is 31.2 Å². The highest BCUT2D eigenvalue weighted by Gasteiger charge is 2.45. The molecule has 1 atom stereocenters. The summed E-state index contributed by atoms with van der Waals surface area (Å²) in [6.07, 6.45) is 2.72.